The maximum absolute atomic E-state index is 13.1. The number of rotatable bonds is 8. The zero-order valence-corrected chi connectivity index (χ0v) is 22.6. The lowest BCUT2D eigenvalue weighted by atomic mass is 10.2. The summed E-state index contributed by atoms with van der Waals surface area (Å²) in [5.41, 5.74) is -3.90. The summed E-state index contributed by atoms with van der Waals surface area (Å²) in [6.45, 7) is -0.169. The normalized spacial score (nSPS) is 14.9. The second-order valence-corrected chi connectivity index (χ2v) is 12.7. The Morgan fingerprint density at radius 1 is 1.13 bits per heavy atom. The molecule has 0 radical (unpaired) electrons. The molecule has 19 heteroatoms. The molecule has 0 unspecified atom stereocenters. The van der Waals surface area contributed by atoms with E-state index in [-0.39, 0.29) is 40.3 Å². The Hall–Kier alpha value is -3.09. The Balaban J connectivity index is 1.61. The van der Waals surface area contributed by atoms with Crippen molar-refractivity contribution >= 4 is 43.2 Å². The predicted octanol–water partition coefficient (Wildman–Crippen LogP) is 1.59. The molecule has 1 aliphatic rings. The quantitative estimate of drug-likeness (QED) is 0.334. The number of alkyl halides is 2. The number of hydrogen-bond donors (Lipinski definition) is 3. The van der Waals surface area contributed by atoms with Crippen LogP contribution in [0.2, 0.25) is 10.0 Å². The van der Waals surface area contributed by atoms with Crippen molar-refractivity contribution in [3.63, 3.8) is 0 Å². The predicted molar refractivity (Wildman–Crippen MR) is 134 cm³/mol. The number of aromatic hydroxyl groups is 1. The number of benzene rings is 2. The van der Waals surface area contributed by atoms with Crippen molar-refractivity contribution in [2.45, 2.75) is 17.4 Å². The van der Waals surface area contributed by atoms with Gasteiger partial charge in [0, 0.05) is 25.2 Å². The summed E-state index contributed by atoms with van der Waals surface area (Å²) >= 11 is 12.4. The van der Waals surface area contributed by atoms with Gasteiger partial charge in [-0.3, -0.25) is 9.78 Å². The first-order valence-corrected chi connectivity index (χ1v) is 14.6. The highest BCUT2D eigenvalue weighted by atomic mass is 35.5. The zero-order chi connectivity index (χ0) is 28.9. The van der Waals surface area contributed by atoms with E-state index in [0.29, 0.717) is 4.68 Å². The maximum Gasteiger partial charge on any atom is 0.349 e. The minimum Gasteiger partial charge on any atom is -0.507 e. The molecule has 3 aromatic rings. The van der Waals surface area contributed by atoms with Crippen LogP contribution < -0.4 is 20.7 Å². The third-order valence-electron chi connectivity index (χ3n) is 5.37. The summed E-state index contributed by atoms with van der Waals surface area (Å²) in [5.74, 6) is -0.992. The highest BCUT2D eigenvalue weighted by molar-refractivity contribution is 7.89. The molecule has 0 saturated carbocycles. The van der Waals surface area contributed by atoms with Gasteiger partial charge in [0.05, 0.1) is 22.0 Å². The average molecular weight is 628 g/mol. The van der Waals surface area contributed by atoms with E-state index < -0.39 is 60.1 Å². The van der Waals surface area contributed by atoms with Gasteiger partial charge in [0.1, 0.15) is 16.4 Å². The molecule has 0 amide bonds. The SMILES string of the molecule is CS(=O)(=O)N1CC(NS(=O)(=O)c2cc(Oc3c(Cl)cc(-n4nc(C(F)F)c(=O)[nH]c4=O)cc3Cl)ccc2O)C1. The number of phenolic OH excluding ortho intramolecular Hbond substituents is 1. The van der Waals surface area contributed by atoms with Crippen molar-refractivity contribution < 1.29 is 35.5 Å². The molecular formula is C20H17Cl2F2N5O8S2. The fourth-order valence-corrected chi connectivity index (χ4v) is 6.24. The van der Waals surface area contributed by atoms with Crippen molar-refractivity contribution in [2.75, 3.05) is 19.3 Å². The van der Waals surface area contributed by atoms with Crippen molar-refractivity contribution in [3.8, 4) is 22.9 Å². The molecule has 13 nitrogen and oxygen atoms in total. The molecule has 0 spiro atoms. The summed E-state index contributed by atoms with van der Waals surface area (Å²) < 4.78 is 84.2. The third-order valence-corrected chi connectivity index (χ3v) is 8.71. The highest BCUT2D eigenvalue weighted by Crippen LogP contribution is 2.39. The molecule has 2 heterocycles. The number of halogens is 4. The van der Waals surface area contributed by atoms with Crippen LogP contribution in [0.4, 0.5) is 8.78 Å². The van der Waals surface area contributed by atoms with Crippen molar-refractivity contribution in [1.29, 1.82) is 0 Å². The first kappa shape index (κ1) is 28.9. The molecule has 0 atom stereocenters. The van der Waals surface area contributed by atoms with Gasteiger partial charge < -0.3 is 9.84 Å². The number of aromatic amines is 1. The lowest BCUT2D eigenvalue weighted by Crippen LogP contribution is -2.60. The molecule has 1 aliphatic heterocycles. The van der Waals surface area contributed by atoms with E-state index in [1.807, 2.05) is 0 Å². The summed E-state index contributed by atoms with van der Waals surface area (Å²) in [6.07, 6.45) is -2.28. The van der Waals surface area contributed by atoms with Crippen LogP contribution in [0.1, 0.15) is 12.1 Å². The largest absolute Gasteiger partial charge is 0.507 e. The molecule has 4 rings (SSSR count). The van der Waals surface area contributed by atoms with Gasteiger partial charge in [0.2, 0.25) is 20.0 Å². The molecule has 1 aromatic heterocycles. The summed E-state index contributed by atoms with van der Waals surface area (Å²) in [4.78, 5) is 24.8. The fraction of sp³-hybridized carbons (Fsp3) is 0.250. The molecule has 2 aromatic carbocycles. The number of aromatic nitrogens is 3. The molecule has 39 heavy (non-hydrogen) atoms. The van der Waals surface area contributed by atoms with Gasteiger partial charge in [-0.2, -0.15) is 14.1 Å². The Morgan fingerprint density at radius 3 is 2.31 bits per heavy atom. The van der Waals surface area contributed by atoms with Crippen molar-refractivity contribution in [1.82, 2.24) is 23.8 Å². The lowest BCUT2D eigenvalue weighted by Gasteiger charge is -2.37. The van der Waals surface area contributed by atoms with Crippen LogP contribution in [0.5, 0.6) is 17.2 Å². The zero-order valence-electron chi connectivity index (χ0n) is 19.4. The van der Waals surface area contributed by atoms with Crippen LogP contribution in [0.3, 0.4) is 0 Å². The topological polar surface area (TPSA) is 181 Å². The second kappa shape index (κ2) is 10.5. The maximum atomic E-state index is 13.1. The van der Waals surface area contributed by atoms with E-state index in [9.17, 15) is 40.3 Å². The Morgan fingerprint density at radius 2 is 1.74 bits per heavy atom. The standard InChI is InChI=1S/C20H17Cl2F2N5O8S2/c1-38(33,34)28-7-9(8-28)27-39(35,36)15-6-11(2-3-14(15)30)37-17-12(21)4-10(5-13(17)22)29-20(32)25-19(31)16(26-29)18(23)24/h2-6,9,18,27,30H,7-8H2,1H3,(H,25,31,32). The molecule has 3 N–H and O–H groups in total. The Kier molecular flexibility index (Phi) is 7.76. The molecule has 210 valence electrons. The van der Waals surface area contributed by atoms with Crippen LogP contribution in [0, 0.1) is 0 Å². The summed E-state index contributed by atoms with van der Waals surface area (Å²) in [6, 6.07) is 4.63. The molecule has 0 aliphatic carbocycles. The summed E-state index contributed by atoms with van der Waals surface area (Å²) in [5, 5.41) is 13.0. The van der Waals surface area contributed by atoms with Crippen molar-refractivity contribution in [3.05, 3.63) is 66.9 Å². The molecule has 1 fully saturated rings. The number of phenols is 1. The van der Waals surface area contributed by atoms with Crippen LogP contribution in [0.25, 0.3) is 5.69 Å². The molecular weight excluding hydrogens is 611 g/mol. The van der Waals surface area contributed by atoms with Gasteiger partial charge >= 0.3 is 5.69 Å². The molecule has 1 saturated heterocycles. The third kappa shape index (κ3) is 6.07. The number of ether oxygens (including phenoxy) is 1. The smallest absolute Gasteiger partial charge is 0.349 e. The minimum absolute atomic E-state index is 0.0847. The van der Waals surface area contributed by atoms with E-state index in [0.717, 1.165) is 34.8 Å². The van der Waals surface area contributed by atoms with Gasteiger partial charge in [-0.25, -0.2) is 35.1 Å². The Bertz CT molecular complexity index is 1770. The average Bonchev–Trinajstić information content (AvgIpc) is 2.78. The lowest BCUT2D eigenvalue weighted by molar-refractivity contribution is 0.141. The van der Waals surface area contributed by atoms with Crippen LogP contribution in [-0.4, -0.2) is 66.4 Å². The number of nitrogens with zero attached hydrogens (tertiary/aromatic N) is 3. The van der Waals surface area contributed by atoms with Gasteiger partial charge in [-0.1, -0.05) is 23.2 Å². The fourth-order valence-electron chi connectivity index (χ4n) is 3.45. The van der Waals surface area contributed by atoms with Gasteiger partial charge in [0.15, 0.2) is 11.4 Å². The van der Waals surface area contributed by atoms with E-state index in [1.165, 1.54) is 6.07 Å². The van der Waals surface area contributed by atoms with E-state index in [4.69, 9.17) is 27.9 Å². The number of hydrogen-bond acceptors (Lipinski definition) is 9. The Labute approximate surface area is 228 Å². The first-order valence-electron chi connectivity index (χ1n) is 10.6. The van der Waals surface area contributed by atoms with Gasteiger partial charge in [-0.05, 0) is 24.3 Å². The number of nitrogens with one attached hydrogen (secondary N) is 2. The van der Waals surface area contributed by atoms with Gasteiger partial charge in [0.25, 0.3) is 12.0 Å². The highest BCUT2D eigenvalue weighted by Gasteiger charge is 2.36. The number of H-pyrrole nitrogens is 1. The van der Waals surface area contributed by atoms with Crippen LogP contribution >= 0.6 is 23.2 Å². The van der Waals surface area contributed by atoms with Crippen molar-refractivity contribution in [2.24, 2.45) is 0 Å². The monoisotopic (exact) mass is 627 g/mol. The second-order valence-electron chi connectivity index (χ2n) is 8.23. The van der Waals surface area contributed by atoms with E-state index in [2.05, 4.69) is 9.82 Å². The first-order chi connectivity index (χ1) is 18.1. The van der Waals surface area contributed by atoms with Crippen LogP contribution in [-0.2, 0) is 20.0 Å². The summed E-state index contributed by atoms with van der Waals surface area (Å²) in [7, 11) is -7.80. The van der Waals surface area contributed by atoms with Gasteiger partial charge in [-0.15, -0.1) is 0 Å². The minimum atomic E-state index is -4.32. The molecule has 0 bridgehead atoms. The van der Waals surface area contributed by atoms with Crippen LogP contribution in [0.15, 0.2) is 44.8 Å². The number of sulfonamides is 2. The van der Waals surface area contributed by atoms with E-state index in [1.54, 1.807) is 4.98 Å². The van der Waals surface area contributed by atoms with E-state index >= 15 is 0 Å².